The Balaban J connectivity index is 2.35. The molecule has 1 aromatic carbocycles. The lowest BCUT2D eigenvalue weighted by molar-refractivity contribution is 0.0513. The van der Waals surface area contributed by atoms with Crippen molar-refractivity contribution in [3.8, 4) is 0 Å². The van der Waals surface area contributed by atoms with Crippen molar-refractivity contribution in [2.24, 2.45) is 0 Å². The van der Waals surface area contributed by atoms with Crippen molar-refractivity contribution in [3.05, 3.63) is 36.1 Å². The number of methoxy groups -OCH3 is 1. The van der Waals surface area contributed by atoms with Gasteiger partial charge in [-0.05, 0) is 12.1 Å². The Kier molecular flexibility index (Phi) is 2.52. The summed E-state index contributed by atoms with van der Waals surface area (Å²) in [6.07, 6.45) is -0.688. The maximum Gasteiger partial charge on any atom is 0.136 e. The van der Waals surface area contributed by atoms with Gasteiger partial charge in [-0.25, -0.2) is 0 Å². The largest absolute Gasteiger partial charge is 0.458 e. The van der Waals surface area contributed by atoms with Crippen LogP contribution < -0.4 is 0 Å². The molecule has 0 aliphatic carbocycles. The first-order valence-electron chi connectivity index (χ1n) is 4.46. The number of furan rings is 1. The number of para-hydroxylation sites is 1. The molecule has 0 spiro atoms. The van der Waals surface area contributed by atoms with Crippen molar-refractivity contribution < 1.29 is 14.3 Å². The van der Waals surface area contributed by atoms with Crippen LogP contribution in [0.2, 0.25) is 0 Å². The van der Waals surface area contributed by atoms with E-state index in [2.05, 4.69) is 0 Å². The summed E-state index contributed by atoms with van der Waals surface area (Å²) in [6.45, 7) is 0.250. The molecule has 3 heteroatoms. The third kappa shape index (κ3) is 1.64. The normalized spacial score (nSPS) is 13.3. The van der Waals surface area contributed by atoms with Gasteiger partial charge in [0.2, 0.25) is 0 Å². The lowest BCUT2D eigenvalue weighted by Crippen LogP contribution is -2.03. The van der Waals surface area contributed by atoms with Gasteiger partial charge in [-0.1, -0.05) is 18.2 Å². The van der Waals surface area contributed by atoms with E-state index in [9.17, 15) is 5.11 Å². The van der Waals surface area contributed by atoms with E-state index in [-0.39, 0.29) is 6.61 Å². The molecule has 0 bridgehead atoms. The minimum atomic E-state index is -0.688. The number of aliphatic hydroxyl groups excluding tert-OH is 1. The Morgan fingerprint density at radius 1 is 1.43 bits per heavy atom. The SMILES string of the molecule is COCC(O)c1cc2ccccc2o1. The highest BCUT2D eigenvalue weighted by atomic mass is 16.5. The fraction of sp³-hybridized carbons (Fsp3) is 0.273. The maximum atomic E-state index is 9.60. The van der Waals surface area contributed by atoms with Crippen LogP contribution >= 0.6 is 0 Å². The molecule has 1 N–H and O–H groups in total. The highest BCUT2D eigenvalue weighted by Crippen LogP contribution is 2.23. The minimum absolute atomic E-state index is 0.250. The second kappa shape index (κ2) is 3.82. The second-order valence-corrected chi connectivity index (χ2v) is 3.16. The number of hydrogen-bond acceptors (Lipinski definition) is 3. The first-order valence-corrected chi connectivity index (χ1v) is 4.46. The summed E-state index contributed by atoms with van der Waals surface area (Å²) in [6, 6.07) is 9.49. The quantitative estimate of drug-likeness (QED) is 0.809. The second-order valence-electron chi connectivity index (χ2n) is 3.16. The highest BCUT2D eigenvalue weighted by Gasteiger charge is 2.12. The zero-order valence-electron chi connectivity index (χ0n) is 7.93. The van der Waals surface area contributed by atoms with Crippen LogP contribution in [-0.2, 0) is 4.74 Å². The van der Waals surface area contributed by atoms with Crippen LogP contribution in [-0.4, -0.2) is 18.8 Å². The predicted molar refractivity (Wildman–Crippen MR) is 53.0 cm³/mol. The van der Waals surface area contributed by atoms with Gasteiger partial charge < -0.3 is 14.3 Å². The molecule has 0 fully saturated rings. The third-order valence-electron chi connectivity index (χ3n) is 2.10. The molecule has 1 heterocycles. The van der Waals surface area contributed by atoms with Gasteiger partial charge in [-0.2, -0.15) is 0 Å². The van der Waals surface area contributed by atoms with Crippen LogP contribution in [0.15, 0.2) is 34.7 Å². The Morgan fingerprint density at radius 2 is 2.21 bits per heavy atom. The molecule has 1 unspecified atom stereocenters. The molecule has 2 rings (SSSR count). The van der Waals surface area contributed by atoms with Crippen molar-refractivity contribution in [1.82, 2.24) is 0 Å². The highest BCUT2D eigenvalue weighted by molar-refractivity contribution is 5.77. The topological polar surface area (TPSA) is 42.6 Å². The molecular weight excluding hydrogens is 180 g/mol. The predicted octanol–water partition coefficient (Wildman–Crippen LogP) is 2.11. The summed E-state index contributed by atoms with van der Waals surface area (Å²) >= 11 is 0. The zero-order chi connectivity index (χ0) is 9.97. The average Bonchev–Trinajstić information content (AvgIpc) is 2.61. The van der Waals surface area contributed by atoms with Gasteiger partial charge in [0.1, 0.15) is 17.4 Å². The van der Waals surface area contributed by atoms with Gasteiger partial charge in [-0.3, -0.25) is 0 Å². The summed E-state index contributed by atoms with van der Waals surface area (Å²) in [4.78, 5) is 0. The van der Waals surface area contributed by atoms with Gasteiger partial charge in [0.25, 0.3) is 0 Å². The van der Waals surface area contributed by atoms with Crippen LogP contribution in [0, 0.1) is 0 Å². The fourth-order valence-corrected chi connectivity index (χ4v) is 1.41. The Hall–Kier alpha value is -1.32. The third-order valence-corrected chi connectivity index (χ3v) is 2.10. The molecule has 0 saturated heterocycles. The Bertz CT molecular complexity index is 386. The smallest absolute Gasteiger partial charge is 0.136 e. The summed E-state index contributed by atoms with van der Waals surface area (Å²) in [5.74, 6) is 0.549. The molecule has 0 saturated carbocycles. The van der Waals surface area contributed by atoms with Crippen molar-refractivity contribution >= 4 is 11.0 Å². The van der Waals surface area contributed by atoms with Crippen molar-refractivity contribution in [2.75, 3.05) is 13.7 Å². The van der Waals surface area contributed by atoms with Gasteiger partial charge in [0.05, 0.1) is 6.61 Å². The molecule has 1 aromatic heterocycles. The zero-order valence-corrected chi connectivity index (χ0v) is 7.93. The van der Waals surface area contributed by atoms with Crippen molar-refractivity contribution in [3.63, 3.8) is 0 Å². The summed E-state index contributed by atoms with van der Waals surface area (Å²) in [7, 11) is 1.55. The first kappa shape index (κ1) is 9.24. The van der Waals surface area contributed by atoms with E-state index in [4.69, 9.17) is 9.15 Å². The van der Waals surface area contributed by atoms with Gasteiger partial charge in [0, 0.05) is 12.5 Å². The van der Waals surface area contributed by atoms with E-state index < -0.39 is 6.10 Å². The average molecular weight is 192 g/mol. The monoisotopic (exact) mass is 192 g/mol. The summed E-state index contributed by atoms with van der Waals surface area (Å²) in [5, 5.41) is 10.6. The van der Waals surface area contributed by atoms with E-state index in [1.165, 1.54) is 0 Å². The molecular formula is C11H12O3. The molecule has 0 radical (unpaired) electrons. The Morgan fingerprint density at radius 3 is 2.93 bits per heavy atom. The van der Waals surface area contributed by atoms with Crippen molar-refractivity contribution in [2.45, 2.75) is 6.10 Å². The molecule has 0 amide bonds. The van der Waals surface area contributed by atoms with Crippen LogP contribution in [0.1, 0.15) is 11.9 Å². The van der Waals surface area contributed by atoms with Gasteiger partial charge >= 0.3 is 0 Å². The van der Waals surface area contributed by atoms with Gasteiger partial charge in [0.15, 0.2) is 0 Å². The van der Waals surface area contributed by atoms with Crippen LogP contribution in [0.4, 0.5) is 0 Å². The molecule has 2 aromatic rings. The molecule has 14 heavy (non-hydrogen) atoms. The lowest BCUT2D eigenvalue weighted by Gasteiger charge is -2.04. The summed E-state index contributed by atoms with van der Waals surface area (Å²) in [5.41, 5.74) is 0.789. The number of aliphatic hydroxyl groups is 1. The molecule has 3 nitrogen and oxygen atoms in total. The van der Waals surface area contributed by atoms with E-state index in [0.29, 0.717) is 5.76 Å². The van der Waals surface area contributed by atoms with Crippen LogP contribution in [0.25, 0.3) is 11.0 Å². The van der Waals surface area contributed by atoms with Crippen molar-refractivity contribution in [1.29, 1.82) is 0 Å². The van der Waals surface area contributed by atoms with Gasteiger partial charge in [-0.15, -0.1) is 0 Å². The Labute approximate surface area is 81.9 Å². The minimum Gasteiger partial charge on any atom is -0.458 e. The standard InChI is InChI=1S/C11H12O3/c1-13-7-9(12)11-6-8-4-2-3-5-10(8)14-11/h2-6,9,12H,7H2,1H3. The van der Waals surface area contributed by atoms with E-state index in [0.717, 1.165) is 11.0 Å². The first-order chi connectivity index (χ1) is 6.81. The number of benzene rings is 1. The molecule has 74 valence electrons. The van der Waals surface area contributed by atoms with E-state index in [1.54, 1.807) is 7.11 Å². The number of fused-ring (bicyclic) bond motifs is 1. The van der Waals surface area contributed by atoms with Crippen LogP contribution in [0.3, 0.4) is 0 Å². The number of rotatable bonds is 3. The number of hydrogen-bond donors (Lipinski definition) is 1. The lowest BCUT2D eigenvalue weighted by atomic mass is 10.2. The van der Waals surface area contributed by atoms with Crippen LogP contribution in [0.5, 0.6) is 0 Å². The fourth-order valence-electron chi connectivity index (χ4n) is 1.41. The molecule has 0 aliphatic heterocycles. The van der Waals surface area contributed by atoms with E-state index >= 15 is 0 Å². The number of ether oxygens (including phenoxy) is 1. The summed E-state index contributed by atoms with van der Waals surface area (Å²) < 4.78 is 10.3. The van der Waals surface area contributed by atoms with E-state index in [1.807, 2.05) is 30.3 Å². The molecule has 1 atom stereocenters. The maximum absolute atomic E-state index is 9.60. The molecule has 0 aliphatic rings.